The Morgan fingerprint density at radius 1 is 1.29 bits per heavy atom. The van der Waals surface area contributed by atoms with E-state index in [1.165, 1.54) is 0 Å². The molecule has 0 saturated heterocycles. The topological polar surface area (TPSA) is 37.3 Å². The van der Waals surface area contributed by atoms with Gasteiger partial charge in [0.2, 0.25) is 0 Å². The van der Waals surface area contributed by atoms with Crippen LogP contribution in [0.3, 0.4) is 0 Å². The Morgan fingerprint density at radius 3 is 2.57 bits per heavy atom. The Kier molecular flexibility index (Phi) is 4.83. The van der Waals surface area contributed by atoms with Crippen molar-refractivity contribution < 1.29 is 9.46 Å². The molecular weight excluding hydrogens is 242 g/mol. The number of benzene rings is 1. The number of rotatable bonds is 4. The summed E-state index contributed by atoms with van der Waals surface area (Å²) in [5.41, 5.74) is 1.04. The first-order valence-corrected chi connectivity index (χ1v) is 6.32. The fourth-order valence-corrected chi connectivity index (χ4v) is 1.86. The maximum Gasteiger partial charge on any atom is 0.505 e. The number of hydrogen-bond donors (Lipinski definition) is 1. The Labute approximate surface area is 93.7 Å². The quantitative estimate of drug-likeness (QED) is 0.830. The molecule has 2 nitrogen and oxygen atoms in total. The molecule has 1 N–H and O–H groups in total. The lowest BCUT2D eigenvalue weighted by molar-refractivity contribution is 0.501. The molecule has 0 aliphatic heterocycles. The molecule has 1 rings (SSSR count). The second-order valence-corrected chi connectivity index (χ2v) is 4.89. The highest BCUT2D eigenvalue weighted by atomic mass is 35.5. The molecule has 0 aliphatic rings. The molecule has 0 saturated carbocycles. The summed E-state index contributed by atoms with van der Waals surface area (Å²) in [7, 11) is -2.02. The Hall–Kier alpha value is -0.140. The third-order valence-corrected chi connectivity index (χ3v) is 3.24. The van der Waals surface area contributed by atoms with Gasteiger partial charge in [0, 0.05) is 0 Å². The molecular formula is C9H10Cl2O2P+. The first-order valence-electron chi connectivity index (χ1n) is 4.17. The summed E-state index contributed by atoms with van der Waals surface area (Å²) in [6, 6.07) is 5.39. The lowest BCUT2D eigenvalue weighted by atomic mass is 10.1. The SMILES string of the molecule is O=[P+](O)CCCc1ccc(Cl)c(Cl)c1. The fourth-order valence-electron chi connectivity index (χ4n) is 1.11. The van der Waals surface area contributed by atoms with Crippen LogP contribution in [-0.2, 0) is 11.0 Å². The van der Waals surface area contributed by atoms with Crippen LogP contribution in [0.4, 0.5) is 0 Å². The minimum atomic E-state index is -2.02. The van der Waals surface area contributed by atoms with Crippen LogP contribution in [0.5, 0.6) is 0 Å². The predicted octanol–water partition coefficient (Wildman–Crippen LogP) is 3.66. The summed E-state index contributed by atoms with van der Waals surface area (Å²) >= 11 is 11.6. The van der Waals surface area contributed by atoms with Gasteiger partial charge in [-0.15, -0.1) is 0 Å². The predicted molar refractivity (Wildman–Crippen MR) is 59.5 cm³/mol. The molecule has 1 unspecified atom stereocenters. The zero-order valence-corrected chi connectivity index (χ0v) is 9.82. The van der Waals surface area contributed by atoms with Gasteiger partial charge in [-0.2, -0.15) is 4.89 Å². The molecule has 1 aromatic carbocycles. The Bertz CT molecular complexity index is 342. The first-order chi connectivity index (χ1) is 6.59. The summed E-state index contributed by atoms with van der Waals surface area (Å²) in [5, 5.41) is 1.06. The van der Waals surface area contributed by atoms with Gasteiger partial charge in [-0.1, -0.05) is 29.3 Å². The van der Waals surface area contributed by atoms with Crippen molar-refractivity contribution in [1.82, 2.24) is 0 Å². The highest BCUT2D eigenvalue weighted by molar-refractivity contribution is 7.37. The van der Waals surface area contributed by atoms with Gasteiger partial charge in [-0.25, -0.2) is 0 Å². The number of aryl methyl sites for hydroxylation is 1. The van der Waals surface area contributed by atoms with E-state index >= 15 is 0 Å². The second kappa shape index (κ2) is 5.67. The maximum absolute atomic E-state index is 10.4. The van der Waals surface area contributed by atoms with E-state index in [0.717, 1.165) is 12.0 Å². The van der Waals surface area contributed by atoms with Crippen LogP contribution < -0.4 is 0 Å². The molecule has 0 bridgehead atoms. The summed E-state index contributed by atoms with van der Waals surface area (Å²) in [6.07, 6.45) is 1.76. The molecule has 76 valence electrons. The van der Waals surface area contributed by atoms with Gasteiger partial charge in [0.15, 0.2) is 6.16 Å². The monoisotopic (exact) mass is 251 g/mol. The molecule has 0 fully saturated rings. The lowest BCUT2D eigenvalue weighted by Crippen LogP contribution is -1.87. The van der Waals surface area contributed by atoms with E-state index in [-0.39, 0.29) is 0 Å². The van der Waals surface area contributed by atoms with E-state index in [9.17, 15) is 4.57 Å². The summed E-state index contributed by atoms with van der Waals surface area (Å²) in [4.78, 5) is 8.59. The van der Waals surface area contributed by atoms with Crippen molar-refractivity contribution in [1.29, 1.82) is 0 Å². The van der Waals surface area contributed by atoms with Crippen LogP contribution in [0.15, 0.2) is 18.2 Å². The highest BCUT2D eigenvalue weighted by Gasteiger charge is 2.09. The largest absolute Gasteiger partial charge is 0.505 e. The lowest BCUT2D eigenvalue weighted by Gasteiger charge is -2.00. The highest BCUT2D eigenvalue weighted by Crippen LogP contribution is 2.24. The maximum atomic E-state index is 10.4. The average molecular weight is 252 g/mol. The summed E-state index contributed by atoms with van der Waals surface area (Å²) in [5.74, 6) is 0. The van der Waals surface area contributed by atoms with Crippen LogP contribution in [0.25, 0.3) is 0 Å². The van der Waals surface area contributed by atoms with Gasteiger partial charge < -0.3 is 0 Å². The summed E-state index contributed by atoms with van der Waals surface area (Å²) < 4.78 is 10.4. The van der Waals surface area contributed by atoms with Crippen LogP contribution in [0, 0.1) is 0 Å². The van der Waals surface area contributed by atoms with Crippen molar-refractivity contribution in [3.8, 4) is 0 Å². The van der Waals surface area contributed by atoms with Gasteiger partial charge in [0.25, 0.3) is 0 Å². The van der Waals surface area contributed by atoms with Crippen molar-refractivity contribution >= 4 is 31.2 Å². The zero-order valence-electron chi connectivity index (χ0n) is 7.41. The van der Waals surface area contributed by atoms with E-state index < -0.39 is 8.03 Å². The molecule has 0 aliphatic carbocycles. The molecule has 0 spiro atoms. The van der Waals surface area contributed by atoms with Gasteiger partial charge >= 0.3 is 8.03 Å². The number of hydrogen-bond acceptors (Lipinski definition) is 1. The van der Waals surface area contributed by atoms with Crippen LogP contribution >= 0.6 is 31.2 Å². The average Bonchev–Trinajstić information content (AvgIpc) is 2.10. The molecule has 0 aromatic heterocycles. The van der Waals surface area contributed by atoms with Gasteiger partial charge in [-0.05, 0) is 35.1 Å². The third kappa shape index (κ3) is 3.93. The van der Waals surface area contributed by atoms with Gasteiger partial charge in [0.05, 0.1) is 10.0 Å². The molecule has 0 radical (unpaired) electrons. The molecule has 1 atom stereocenters. The van der Waals surface area contributed by atoms with Crippen molar-refractivity contribution in [2.75, 3.05) is 6.16 Å². The molecule has 14 heavy (non-hydrogen) atoms. The van der Waals surface area contributed by atoms with E-state index in [4.69, 9.17) is 28.1 Å². The van der Waals surface area contributed by atoms with Crippen molar-refractivity contribution in [2.45, 2.75) is 12.8 Å². The molecule has 0 heterocycles. The van der Waals surface area contributed by atoms with Crippen LogP contribution in [-0.4, -0.2) is 11.1 Å². The van der Waals surface area contributed by atoms with E-state index in [2.05, 4.69) is 0 Å². The minimum absolute atomic E-state index is 0.329. The van der Waals surface area contributed by atoms with Crippen LogP contribution in [0.1, 0.15) is 12.0 Å². The smallest absolute Gasteiger partial charge is 0.161 e. The van der Waals surface area contributed by atoms with Crippen molar-refractivity contribution in [2.24, 2.45) is 0 Å². The number of halogens is 2. The van der Waals surface area contributed by atoms with E-state index in [0.29, 0.717) is 22.6 Å². The fraction of sp³-hybridized carbons (Fsp3) is 0.333. The zero-order chi connectivity index (χ0) is 10.6. The van der Waals surface area contributed by atoms with E-state index in [1.807, 2.05) is 6.07 Å². The Morgan fingerprint density at radius 2 is 2.00 bits per heavy atom. The third-order valence-electron chi connectivity index (χ3n) is 1.80. The van der Waals surface area contributed by atoms with Crippen molar-refractivity contribution in [3.63, 3.8) is 0 Å². The van der Waals surface area contributed by atoms with Crippen molar-refractivity contribution in [3.05, 3.63) is 33.8 Å². The molecule has 1 aromatic rings. The van der Waals surface area contributed by atoms with Crippen LogP contribution in [0.2, 0.25) is 10.0 Å². The first kappa shape index (κ1) is 11.9. The summed E-state index contributed by atoms with van der Waals surface area (Å²) in [6.45, 7) is 0. The van der Waals surface area contributed by atoms with Gasteiger partial charge in [0.1, 0.15) is 0 Å². The normalized spacial score (nSPS) is 11.5. The Balaban J connectivity index is 2.51. The van der Waals surface area contributed by atoms with Gasteiger partial charge in [-0.3, -0.25) is 0 Å². The standard InChI is InChI=1S/C9H9Cl2O2P/c10-8-4-3-7(6-9(8)11)2-1-5-14(12)13/h3-4,6H,1-2,5H2/p+1. The second-order valence-electron chi connectivity index (χ2n) is 2.93. The molecule has 5 heteroatoms. The minimum Gasteiger partial charge on any atom is -0.161 e. The molecule has 0 amide bonds. The van der Waals surface area contributed by atoms with E-state index in [1.54, 1.807) is 12.1 Å².